The molecule has 1 aliphatic rings. The Bertz CT molecular complexity index is 231. The van der Waals surface area contributed by atoms with Gasteiger partial charge in [0.2, 0.25) is 5.91 Å². The number of hydrogen-bond donors (Lipinski definition) is 3. The van der Waals surface area contributed by atoms with E-state index in [2.05, 4.69) is 24.5 Å². The van der Waals surface area contributed by atoms with Crippen LogP contribution in [0.3, 0.4) is 0 Å². The fourth-order valence-corrected chi connectivity index (χ4v) is 2.96. The van der Waals surface area contributed by atoms with Crippen LogP contribution >= 0.6 is 11.8 Å². The van der Waals surface area contributed by atoms with Gasteiger partial charge in [0.05, 0.1) is 12.6 Å². The number of hydrogen-bond acceptors (Lipinski definition) is 4. The average Bonchev–Trinajstić information content (AvgIpc) is 2.28. The summed E-state index contributed by atoms with van der Waals surface area (Å²) in [5.41, 5.74) is 0. The lowest BCUT2D eigenvalue weighted by Crippen LogP contribution is -2.44. The molecule has 0 radical (unpaired) electrons. The molecule has 2 unspecified atom stereocenters. The highest BCUT2D eigenvalue weighted by Gasteiger charge is 2.19. The lowest BCUT2D eigenvalue weighted by atomic mass is 10.0. The fraction of sp³-hybridized carbons (Fsp3) is 0.917. The number of amides is 1. The first-order valence-corrected chi connectivity index (χ1v) is 7.48. The molecule has 0 aromatic rings. The Morgan fingerprint density at radius 1 is 1.59 bits per heavy atom. The minimum atomic E-state index is -0.0984. The first-order valence-electron chi connectivity index (χ1n) is 6.33. The van der Waals surface area contributed by atoms with Crippen LogP contribution in [0.15, 0.2) is 0 Å². The van der Waals surface area contributed by atoms with Crippen LogP contribution in [-0.2, 0) is 4.79 Å². The van der Waals surface area contributed by atoms with Crippen LogP contribution in [0, 0.1) is 5.92 Å². The van der Waals surface area contributed by atoms with Crippen LogP contribution in [0.4, 0.5) is 0 Å². The normalized spacial score (nSPS) is 22.5. The molecule has 0 bridgehead atoms. The number of aliphatic hydroxyl groups is 1. The lowest BCUT2D eigenvalue weighted by Gasteiger charge is -2.24. The second-order valence-electron chi connectivity index (χ2n) is 5.01. The molecule has 17 heavy (non-hydrogen) atoms. The van der Waals surface area contributed by atoms with Crippen LogP contribution in [-0.4, -0.2) is 47.8 Å². The SMILES string of the molecule is CC(C)CC(CO)NC(=O)CC1CSCCN1. The third-order valence-corrected chi connectivity index (χ3v) is 3.90. The number of carbonyl (C=O) groups excluding carboxylic acids is 1. The van der Waals surface area contributed by atoms with Crippen molar-refractivity contribution < 1.29 is 9.90 Å². The topological polar surface area (TPSA) is 61.4 Å². The van der Waals surface area contributed by atoms with Crippen molar-refractivity contribution in [3.05, 3.63) is 0 Å². The zero-order chi connectivity index (χ0) is 12.7. The van der Waals surface area contributed by atoms with E-state index >= 15 is 0 Å². The Labute approximate surface area is 108 Å². The first-order chi connectivity index (χ1) is 8.11. The largest absolute Gasteiger partial charge is 0.394 e. The molecule has 0 aromatic heterocycles. The van der Waals surface area contributed by atoms with Gasteiger partial charge >= 0.3 is 0 Å². The summed E-state index contributed by atoms with van der Waals surface area (Å²) < 4.78 is 0. The molecule has 2 atom stereocenters. The van der Waals surface area contributed by atoms with Gasteiger partial charge in [0.25, 0.3) is 0 Å². The van der Waals surface area contributed by atoms with E-state index in [0.29, 0.717) is 12.3 Å². The molecule has 1 amide bonds. The van der Waals surface area contributed by atoms with Gasteiger partial charge in [-0.25, -0.2) is 0 Å². The number of carbonyl (C=O) groups is 1. The van der Waals surface area contributed by atoms with Crippen molar-refractivity contribution in [1.82, 2.24) is 10.6 Å². The number of aliphatic hydroxyl groups excluding tert-OH is 1. The van der Waals surface area contributed by atoms with Crippen LogP contribution in [0.1, 0.15) is 26.7 Å². The fourth-order valence-electron chi connectivity index (χ4n) is 2.01. The number of thioether (sulfide) groups is 1. The third-order valence-electron chi connectivity index (χ3n) is 2.77. The van der Waals surface area contributed by atoms with E-state index in [-0.39, 0.29) is 24.6 Å². The summed E-state index contributed by atoms with van der Waals surface area (Å²) in [5, 5.41) is 15.4. The highest BCUT2D eigenvalue weighted by atomic mass is 32.2. The molecule has 5 heteroatoms. The summed E-state index contributed by atoms with van der Waals surface area (Å²) in [6, 6.07) is 0.186. The molecule has 4 nitrogen and oxygen atoms in total. The molecule has 1 heterocycles. The van der Waals surface area contributed by atoms with Crippen molar-refractivity contribution in [2.75, 3.05) is 24.7 Å². The molecular weight excluding hydrogens is 236 g/mol. The smallest absolute Gasteiger partial charge is 0.221 e. The van der Waals surface area contributed by atoms with E-state index in [4.69, 9.17) is 0 Å². The molecule has 1 aliphatic heterocycles. The highest BCUT2D eigenvalue weighted by Crippen LogP contribution is 2.10. The van der Waals surface area contributed by atoms with E-state index in [1.807, 2.05) is 11.8 Å². The predicted molar refractivity (Wildman–Crippen MR) is 72.2 cm³/mol. The summed E-state index contributed by atoms with van der Waals surface area (Å²) in [6.45, 7) is 5.19. The van der Waals surface area contributed by atoms with Crippen LogP contribution < -0.4 is 10.6 Å². The van der Waals surface area contributed by atoms with Gasteiger partial charge in [-0.2, -0.15) is 11.8 Å². The zero-order valence-corrected chi connectivity index (χ0v) is 11.6. The van der Waals surface area contributed by atoms with Gasteiger partial charge < -0.3 is 15.7 Å². The van der Waals surface area contributed by atoms with Gasteiger partial charge in [0.1, 0.15) is 0 Å². The molecule has 3 N–H and O–H groups in total. The molecule has 1 saturated heterocycles. The standard InChI is InChI=1S/C12H24N2O2S/c1-9(2)5-10(7-15)14-12(16)6-11-8-17-4-3-13-11/h9-11,13,15H,3-8H2,1-2H3,(H,14,16). The summed E-state index contributed by atoms with van der Waals surface area (Å²) in [7, 11) is 0. The van der Waals surface area contributed by atoms with Gasteiger partial charge in [-0.05, 0) is 12.3 Å². The Hall–Kier alpha value is -0.260. The van der Waals surface area contributed by atoms with Crippen molar-refractivity contribution >= 4 is 17.7 Å². The summed E-state index contributed by atoms with van der Waals surface area (Å²) in [6.07, 6.45) is 1.34. The summed E-state index contributed by atoms with van der Waals surface area (Å²) >= 11 is 1.89. The Morgan fingerprint density at radius 2 is 2.35 bits per heavy atom. The third kappa shape index (κ3) is 6.29. The lowest BCUT2D eigenvalue weighted by molar-refractivity contribution is -0.122. The maximum Gasteiger partial charge on any atom is 0.221 e. The summed E-state index contributed by atoms with van der Waals surface area (Å²) in [5.74, 6) is 2.66. The van der Waals surface area contributed by atoms with Crippen LogP contribution in [0.5, 0.6) is 0 Å². The Morgan fingerprint density at radius 3 is 2.88 bits per heavy atom. The summed E-state index contributed by atoms with van der Waals surface area (Å²) in [4.78, 5) is 11.8. The van der Waals surface area contributed by atoms with Gasteiger partial charge in [0.15, 0.2) is 0 Å². The van der Waals surface area contributed by atoms with Crippen molar-refractivity contribution in [3.63, 3.8) is 0 Å². The maximum atomic E-state index is 11.8. The number of rotatable bonds is 6. The maximum absolute atomic E-state index is 11.8. The van der Waals surface area contributed by atoms with Crippen molar-refractivity contribution in [3.8, 4) is 0 Å². The predicted octanol–water partition coefficient (Wildman–Crippen LogP) is 0.605. The highest BCUT2D eigenvalue weighted by molar-refractivity contribution is 7.99. The van der Waals surface area contributed by atoms with Gasteiger partial charge in [-0.15, -0.1) is 0 Å². The quantitative estimate of drug-likeness (QED) is 0.655. The van der Waals surface area contributed by atoms with E-state index in [0.717, 1.165) is 24.5 Å². The Balaban J connectivity index is 2.26. The van der Waals surface area contributed by atoms with Crippen LogP contribution in [0.25, 0.3) is 0 Å². The second-order valence-corrected chi connectivity index (χ2v) is 6.16. The van der Waals surface area contributed by atoms with E-state index in [1.165, 1.54) is 0 Å². The average molecular weight is 260 g/mol. The van der Waals surface area contributed by atoms with Crippen LogP contribution in [0.2, 0.25) is 0 Å². The molecule has 1 fully saturated rings. The molecule has 100 valence electrons. The minimum absolute atomic E-state index is 0.0246. The zero-order valence-electron chi connectivity index (χ0n) is 10.7. The van der Waals surface area contributed by atoms with Crippen molar-refractivity contribution in [1.29, 1.82) is 0 Å². The van der Waals surface area contributed by atoms with E-state index in [1.54, 1.807) is 0 Å². The molecule has 0 aliphatic carbocycles. The molecule has 0 aromatic carbocycles. The second kappa shape index (κ2) is 7.95. The van der Waals surface area contributed by atoms with Gasteiger partial charge in [0, 0.05) is 30.5 Å². The van der Waals surface area contributed by atoms with E-state index in [9.17, 15) is 9.90 Å². The molecular formula is C12H24N2O2S. The van der Waals surface area contributed by atoms with Gasteiger partial charge in [-0.3, -0.25) is 4.79 Å². The minimum Gasteiger partial charge on any atom is -0.394 e. The van der Waals surface area contributed by atoms with Crippen molar-refractivity contribution in [2.24, 2.45) is 5.92 Å². The molecule has 0 saturated carbocycles. The first kappa shape index (κ1) is 14.8. The molecule has 0 spiro atoms. The monoisotopic (exact) mass is 260 g/mol. The van der Waals surface area contributed by atoms with Gasteiger partial charge in [-0.1, -0.05) is 13.8 Å². The van der Waals surface area contributed by atoms with Crippen molar-refractivity contribution in [2.45, 2.75) is 38.8 Å². The molecule has 1 rings (SSSR count). The van der Waals surface area contributed by atoms with E-state index < -0.39 is 0 Å². The Kier molecular flexibility index (Phi) is 6.92. The number of nitrogens with one attached hydrogen (secondary N) is 2.